The zero-order chi connectivity index (χ0) is 18.5. The highest BCUT2D eigenvalue weighted by molar-refractivity contribution is 7.14. The van der Waals surface area contributed by atoms with Crippen molar-refractivity contribution in [2.45, 2.75) is 6.92 Å². The number of rotatable bonds is 5. The number of hydrogen-bond donors (Lipinski definition) is 2. The molecule has 26 heavy (non-hydrogen) atoms. The van der Waals surface area contributed by atoms with Gasteiger partial charge in [0.25, 0.3) is 5.91 Å². The van der Waals surface area contributed by atoms with E-state index in [-0.39, 0.29) is 24.2 Å². The largest absolute Gasteiger partial charge is 0.343 e. The number of nitrogens with zero attached hydrogens (tertiary/aromatic N) is 1. The first-order chi connectivity index (χ1) is 12.5. The molecule has 3 rings (SSSR count). The van der Waals surface area contributed by atoms with Gasteiger partial charge in [0.15, 0.2) is 5.13 Å². The molecule has 3 aromatic rings. The summed E-state index contributed by atoms with van der Waals surface area (Å²) in [5.74, 6) is -1.05. The quantitative estimate of drug-likeness (QED) is 0.721. The lowest BCUT2D eigenvalue weighted by Gasteiger charge is -2.05. The van der Waals surface area contributed by atoms with Gasteiger partial charge in [-0.3, -0.25) is 9.59 Å². The number of benzene rings is 2. The van der Waals surface area contributed by atoms with Gasteiger partial charge in [-0.1, -0.05) is 29.8 Å². The molecule has 0 aliphatic heterocycles. The van der Waals surface area contributed by atoms with Crippen molar-refractivity contribution in [1.82, 2.24) is 10.3 Å². The Morgan fingerprint density at radius 3 is 2.73 bits per heavy atom. The van der Waals surface area contributed by atoms with Crippen LogP contribution in [0.2, 0.25) is 0 Å². The summed E-state index contributed by atoms with van der Waals surface area (Å²) in [6.45, 7) is 1.73. The van der Waals surface area contributed by atoms with E-state index in [9.17, 15) is 14.0 Å². The lowest BCUT2D eigenvalue weighted by atomic mass is 10.1. The van der Waals surface area contributed by atoms with Crippen molar-refractivity contribution in [3.05, 3.63) is 70.9 Å². The van der Waals surface area contributed by atoms with E-state index in [0.29, 0.717) is 22.0 Å². The summed E-state index contributed by atoms with van der Waals surface area (Å²) in [6, 6.07) is 13.2. The Balaban J connectivity index is 1.56. The van der Waals surface area contributed by atoms with Crippen LogP contribution in [0.3, 0.4) is 0 Å². The minimum atomic E-state index is -0.383. The van der Waals surface area contributed by atoms with Gasteiger partial charge < -0.3 is 10.6 Å². The van der Waals surface area contributed by atoms with Gasteiger partial charge in [0.05, 0.1) is 12.2 Å². The molecule has 1 heterocycles. The topological polar surface area (TPSA) is 71.1 Å². The first-order valence-electron chi connectivity index (χ1n) is 7.87. The summed E-state index contributed by atoms with van der Waals surface area (Å²) in [5, 5.41) is 7.31. The molecule has 0 aliphatic rings. The number of aromatic nitrogens is 1. The summed E-state index contributed by atoms with van der Waals surface area (Å²) >= 11 is 1.23. The maximum atomic E-state index is 13.3. The third-order valence-corrected chi connectivity index (χ3v) is 4.32. The second-order valence-electron chi connectivity index (χ2n) is 5.65. The van der Waals surface area contributed by atoms with Gasteiger partial charge in [0.1, 0.15) is 5.82 Å². The molecule has 0 aliphatic carbocycles. The third-order valence-electron chi connectivity index (χ3n) is 3.56. The van der Waals surface area contributed by atoms with E-state index in [4.69, 9.17) is 0 Å². The summed E-state index contributed by atoms with van der Waals surface area (Å²) < 4.78 is 13.3. The van der Waals surface area contributed by atoms with Crippen LogP contribution in [-0.2, 0) is 4.79 Å². The van der Waals surface area contributed by atoms with Crippen LogP contribution in [-0.4, -0.2) is 23.3 Å². The summed E-state index contributed by atoms with van der Waals surface area (Å²) in [7, 11) is 0. The van der Waals surface area contributed by atoms with Crippen molar-refractivity contribution >= 4 is 28.3 Å². The number of anilines is 1. The highest BCUT2D eigenvalue weighted by atomic mass is 32.1. The molecule has 0 saturated heterocycles. The number of thiazole rings is 1. The first-order valence-corrected chi connectivity index (χ1v) is 8.75. The van der Waals surface area contributed by atoms with Crippen LogP contribution in [0.5, 0.6) is 0 Å². The van der Waals surface area contributed by atoms with Crippen molar-refractivity contribution in [1.29, 1.82) is 0 Å². The molecule has 0 bridgehead atoms. The minimum Gasteiger partial charge on any atom is -0.343 e. The summed E-state index contributed by atoms with van der Waals surface area (Å²) in [6.07, 6.45) is 0. The normalized spacial score (nSPS) is 10.4. The molecule has 2 N–H and O–H groups in total. The number of aryl methyl sites for hydroxylation is 1. The number of carbonyl (C=O) groups excluding carboxylic acids is 2. The zero-order valence-electron chi connectivity index (χ0n) is 14.0. The number of carbonyl (C=O) groups is 2. The molecule has 0 spiro atoms. The predicted octanol–water partition coefficient (Wildman–Crippen LogP) is 3.63. The summed E-state index contributed by atoms with van der Waals surface area (Å²) in [5.41, 5.74) is 2.68. The lowest BCUT2D eigenvalue weighted by Crippen LogP contribution is -2.32. The van der Waals surface area contributed by atoms with E-state index in [0.717, 1.165) is 5.56 Å². The Kier molecular flexibility index (Phi) is 5.38. The molecule has 0 atom stereocenters. The van der Waals surface area contributed by atoms with E-state index < -0.39 is 0 Å². The fourth-order valence-electron chi connectivity index (χ4n) is 2.32. The van der Waals surface area contributed by atoms with Crippen molar-refractivity contribution < 1.29 is 14.0 Å². The molecule has 1 aromatic heterocycles. The van der Waals surface area contributed by atoms with Gasteiger partial charge in [-0.2, -0.15) is 0 Å². The fourth-order valence-corrected chi connectivity index (χ4v) is 3.06. The molecular weight excluding hydrogens is 353 g/mol. The number of nitrogens with one attached hydrogen (secondary N) is 2. The molecule has 2 amide bonds. The van der Waals surface area contributed by atoms with Gasteiger partial charge in [-0.25, -0.2) is 9.37 Å². The van der Waals surface area contributed by atoms with Crippen molar-refractivity contribution in [3.63, 3.8) is 0 Å². The highest BCUT2D eigenvalue weighted by Gasteiger charge is 2.11. The van der Waals surface area contributed by atoms with Crippen LogP contribution in [0.1, 0.15) is 15.9 Å². The number of amides is 2. The van der Waals surface area contributed by atoms with Gasteiger partial charge in [-0.05, 0) is 31.2 Å². The standard InChI is InChI=1S/C19H16FN3O2S/c1-12-4-2-6-14(8-12)18(25)21-10-17(24)23-19-22-16(11-26-19)13-5-3-7-15(20)9-13/h2-9,11H,10H2,1H3,(H,21,25)(H,22,23,24). The third kappa shape index (κ3) is 4.52. The predicted molar refractivity (Wildman–Crippen MR) is 99.6 cm³/mol. The molecular formula is C19H16FN3O2S. The molecule has 0 saturated carbocycles. The maximum Gasteiger partial charge on any atom is 0.251 e. The Bertz CT molecular complexity index is 955. The highest BCUT2D eigenvalue weighted by Crippen LogP contribution is 2.25. The van der Waals surface area contributed by atoms with Crippen LogP contribution in [0.15, 0.2) is 53.9 Å². The van der Waals surface area contributed by atoms with Gasteiger partial charge in [0, 0.05) is 16.5 Å². The van der Waals surface area contributed by atoms with Crippen molar-refractivity contribution in [3.8, 4) is 11.3 Å². The van der Waals surface area contributed by atoms with E-state index in [1.165, 1.54) is 23.5 Å². The van der Waals surface area contributed by atoms with Crippen LogP contribution < -0.4 is 10.6 Å². The molecule has 0 unspecified atom stereocenters. The van der Waals surface area contributed by atoms with Crippen LogP contribution in [0.4, 0.5) is 9.52 Å². The maximum absolute atomic E-state index is 13.3. The van der Waals surface area contributed by atoms with Crippen LogP contribution in [0, 0.1) is 12.7 Å². The Hall–Kier alpha value is -3.06. The van der Waals surface area contributed by atoms with E-state index >= 15 is 0 Å². The molecule has 132 valence electrons. The van der Waals surface area contributed by atoms with Crippen LogP contribution >= 0.6 is 11.3 Å². The molecule has 7 heteroatoms. The zero-order valence-corrected chi connectivity index (χ0v) is 14.8. The first kappa shape index (κ1) is 17.8. The Morgan fingerprint density at radius 2 is 1.96 bits per heavy atom. The van der Waals surface area contributed by atoms with E-state index in [2.05, 4.69) is 15.6 Å². The van der Waals surface area contributed by atoms with Crippen molar-refractivity contribution in [2.75, 3.05) is 11.9 Å². The Morgan fingerprint density at radius 1 is 1.15 bits per heavy atom. The average molecular weight is 369 g/mol. The fraction of sp³-hybridized carbons (Fsp3) is 0.105. The Labute approximate surface area is 153 Å². The molecule has 5 nitrogen and oxygen atoms in total. The number of hydrogen-bond acceptors (Lipinski definition) is 4. The van der Waals surface area contributed by atoms with Crippen molar-refractivity contribution in [2.24, 2.45) is 0 Å². The van der Waals surface area contributed by atoms with Gasteiger partial charge >= 0.3 is 0 Å². The minimum absolute atomic E-state index is 0.165. The summed E-state index contributed by atoms with van der Waals surface area (Å²) in [4.78, 5) is 28.3. The number of halogens is 1. The molecule has 0 fully saturated rings. The van der Waals surface area contributed by atoms with E-state index in [1.807, 2.05) is 13.0 Å². The van der Waals surface area contributed by atoms with Gasteiger partial charge in [-0.15, -0.1) is 11.3 Å². The SMILES string of the molecule is Cc1cccc(C(=O)NCC(=O)Nc2nc(-c3cccc(F)c3)cs2)c1. The second kappa shape index (κ2) is 7.88. The monoisotopic (exact) mass is 369 g/mol. The molecule has 0 radical (unpaired) electrons. The van der Waals surface area contributed by atoms with Crippen LogP contribution in [0.25, 0.3) is 11.3 Å². The lowest BCUT2D eigenvalue weighted by molar-refractivity contribution is -0.115. The van der Waals surface area contributed by atoms with E-state index in [1.54, 1.807) is 35.7 Å². The smallest absolute Gasteiger partial charge is 0.251 e. The average Bonchev–Trinajstić information content (AvgIpc) is 3.08. The van der Waals surface area contributed by atoms with Gasteiger partial charge in [0.2, 0.25) is 5.91 Å². The molecule has 2 aromatic carbocycles. The second-order valence-corrected chi connectivity index (χ2v) is 6.51.